The second-order valence-corrected chi connectivity index (χ2v) is 9.62. The molecule has 6 heteroatoms. The van der Waals surface area contributed by atoms with Gasteiger partial charge in [0, 0.05) is 31.7 Å². The van der Waals surface area contributed by atoms with Gasteiger partial charge in [0.05, 0.1) is 4.90 Å². The van der Waals surface area contributed by atoms with Crippen LogP contribution in [0.1, 0.15) is 46.3 Å². The summed E-state index contributed by atoms with van der Waals surface area (Å²) in [5.41, 5.74) is 3.74. The minimum absolute atomic E-state index is 0.00745. The van der Waals surface area contributed by atoms with E-state index in [1.807, 2.05) is 42.2 Å². The van der Waals surface area contributed by atoms with Crippen molar-refractivity contribution in [3.05, 3.63) is 64.7 Å². The second kappa shape index (κ2) is 7.68. The Morgan fingerprint density at radius 2 is 1.68 bits per heavy atom. The first-order valence-electron chi connectivity index (χ1n) is 9.94. The van der Waals surface area contributed by atoms with Crippen molar-refractivity contribution in [2.75, 3.05) is 19.6 Å². The van der Waals surface area contributed by atoms with Crippen LogP contribution < -0.4 is 0 Å². The summed E-state index contributed by atoms with van der Waals surface area (Å²) in [7, 11) is -3.46. The predicted octanol–water partition coefficient (Wildman–Crippen LogP) is 3.37. The summed E-state index contributed by atoms with van der Waals surface area (Å²) in [4.78, 5) is 15.1. The van der Waals surface area contributed by atoms with Gasteiger partial charge in [0.25, 0.3) is 5.91 Å². The Hall–Kier alpha value is -2.18. The highest BCUT2D eigenvalue weighted by Gasteiger charge is 2.28. The number of piperidine rings is 1. The fourth-order valence-electron chi connectivity index (χ4n) is 4.10. The second-order valence-electron chi connectivity index (χ2n) is 7.69. The van der Waals surface area contributed by atoms with E-state index in [9.17, 15) is 13.2 Å². The number of fused-ring (bicyclic) bond motifs is 1. The lowest BCUT2D eigenvalue weighted by Gasteiger charge is -2.30. The maximum Gasteiger partial charge on any atom is 0.254 e. The first kappa shape index (κ1) is 19.2. The van der Waals surface area contributed by atoms with Crippen molar-refractivity contribution in [1.82, 2.24) is 9.21 Å². The summed E-state index contributed by atoms with van der Waals surface area (Å²) >= 11 is 0. The number of rotatable bonds is 3. The van der Waals surface area contributed by atoms with E-state index in [4.69, 9.17) is 0 Å². The molecule has 2 aromatic carbocycles. The van der Waals surface area contributed by atoms with Crippen molar-refractivity contribution in [1.29, 1.82) is 0 Å². The molecule has 4 rings (SSSR count). The van der Waals surface area contributed by atoms with Crippen molar-refractivity contribution in [2.24, 2.45) is 0 Å². The molecule has 5 nitrogen and oxygen atoms in total. The van der Waals surface area contributed by atoms with Gasteiger partial charge in [-0.15, -0.1) is 0 Å². The third-order valence-electron chi connectivity index (χ3n) is 5.81. The van der Waals surface area contributed by atoms with Gasteiger partial charge in [-0.1, -0.05) is 30.7 Å². The van der Waals surface area contributed by atoms with Crippen LogP contribution in [0, 0.1) is 6.92 Å². The molecule has 2 aliphatic rings. The highest BCUT2D eigenvalue weighted by atomic mass is 32.2. The molecule has 28 heavy (non-hydrogen) atoms. The van der Waals surface area contributed by atoms with E-state index in [1.165, 1.54) is 0 Å². The lowest BCUT2D eigenvalue weighted by atomic mass is 9.98. The molecule has 0 radical (unpaired) electrons. The average molecular weight is 399 g/mol. The van der Waals surface area contributed by atoms with Gasteiger partial charge in [0.15, 0.2) is 0 Å². The Kier molecular flexibility index (Phi) is 5.25. The smallest absolute Gasteiger partial charge is 0.254 e. The highest BCUT2D eigenvalue weighted by Crippen LogP contribution is 2.27. The van der Waals surface area contributed by atoms with Crippen molar-refractivity contribution >= 4 is 15.9 Å². The van der Waals surface area contributed by atoms with Gasteiger partial charge >= 0.3 is 0 Å². The molecule has 0 aliphatic carbocycles. The maximum atomic E-state index is 13.0. The average Bonchev–Trinajstić information content (AvgIpc) is 2.73. The van der Waals surface area contributed by atoms with E-state index in [0.717, 1.165) is 42.4 Å². The molecule has 1 amide bonds. The van der Waals surface area contributed by atoms with Crippen LogP contribution in [0.5, 0.6) is 0 Å². The molecule has 0 aromatic heterocycles. The number of amides is 1. The fourth-order valence-corrected chi connectivity index (χ4v) is 5.67. The summed E-state index contributed by atoms with van der Waals surface area (Å²) in [5.74, 6) is 0.00745. The lowest BCUT2D eigenvalue weighted by molar-refractivity contribution is 0.0734. The van der Waals surface area contributed by atoms with E-state index >= 15 is 0 Å². The van der Waals surface area contributed by atoms with E-state index < -0.39 is 10.0 Å². The van der Waals surface area contributed by atoms with Crippen molar-refractivity contribution in [2.45, 2.75) is 44.0 Å². The molecule has 0 bridgehead atoms. The minimum atomic E-state index is -3.46. The van der Waals surface area contributed by atoms with Crippen LogP contribution in [0.2, 0.25) is 0 Å². The Morgan fingerprint density at radius 3 is 2.43 bits per heavy atom. The van der Waals surface area contributed by atoms with Gasteiger partial charge < -0.3 is 4.90 Å². The summed E-state index contributed by atoms with van der Waals surface area (Å²) < 4.78 is 27.6. The van der Waals surface area contributed by atoms with Crippen LogP contribution in [0.15, 0.2) is 47.4 Å². The number of hydrogen-bond acceptors (Lipinski definition) is 3. The summed E-state index contributed by atoms with van der Waals surface area (Å²) in [6, 6.07) is 13.0. The molecule has 148 valence electrons. The van der Waals surface area contributed by atoms with Crippen LogP contribution >= 0.6 is 0 Å². The number of nitrogens with zero attached hydrogens (tertiary/aromatic N) is 2. The molecule has 0 atom stereocenters. The molecule has 1 saturated heterocycles. The summed E-state index contributed by atoms with van der Waals surface area (Å²) in [6.07, 6.45) is 3.68. The quantitative estimate of drug-likeness (QED) is 0.797. The van der Waals surface area contributed by atoms with Gasteiger partial charge in [-0.3, -0.25) is 4.79 Å². The normalized spacial score (nSPS) is 18.0. The number of carbonyl (C=O) groups is 1. The standard InChI is InChI=1S/C22H26N2O3S/c1-17-7-3-4-8-21(17)22(25)23-14-11-18-9-10-20(15-19(18)16-23)28(26,27)24-12-5-2-6-13-24/h3-4,7-10,15H,2,5-6,11-14,16H2,1H3. The van der Waals surface area contributed by atoms with Crippen molar-refractivity contribution in [3.63, 3.8) is 0 Å². The summed E-state index contributed by atoms with van der Waals surface area (Å²) in [6.45, 7) is 4.23. The molecule has 2 aromatic rings. The molecular formula is C22H26N2O3S. The van der Waals surface area contributed by atoms with Crippen molar-refractivity contribution < 1.29 is 13.2 Å². The van der Waals surface area contributed by atoms with E-state index in [2.05, 4.69) is 0 Å². The summed E-state index contributed by atoms with van der Waals surface area (Å²) in [5, 5.41) is 0. The largest absolute Gasteiger partial charge is 0.334 e. The molecule has 2 heterocycles. The van der Waals surface area contributed by atoms with E-state index in [1.54, 1.807) is 16.4 Å². The van der Waals surface area contributed by atoms with Gasteiger partial charge in [0.1, 0.15) is 0 Å². The zero-order chi connectivity index (χ0) is 19.7. The van der Waals surface area contributed by atoms with Crippen LogP contribution in [-0.2, 0) is 23.0 Å². The van der Waals surface area contributed by atoms with Crippen LogP contribution in [0.3, 0.4) is 0 Å². The van der Waals surface area contributed by atoms with E-state index in [-0.39, 0.29) is 5.91 Å². The Labute approximate surface area is 167 Å². The zero-order valence-corrected chi connectivity index (χ0v) is 17.0. The van der Waals surface area contributed by atoms with Crippen LogP contribution in [-0.4, -0.2) is 43.2 Å². The first-order valence-corrected chi connectivity index (χ1v) is 11.4. The van der Waals surface area contributed by atoms with Gasteiger partial charge in [-0.05, 0) is 61.1 Å². The SMILES string of the molecule is Cc1ccccc1C(=O)N1CCc2ccc(S(=O)(=O)N3CCCCC3)cc2C1. The maximum absolute atomic E-state index is 13.0. The number of sulfonamides is 1. The molecule has 1 fully saturated rings. The lowest BCUT2D eigenvalue weighted by Crippen LogP contribution is -2.37. The Morgan fingerprint density at radius 1 is 0.929 bits per heavy atom. The van der Waals surface area contributed by atoms with Gasteiger partial charge in [-0.25, -0.2) is 8.42 Å². The molecule has 2 aliphatic heterocycles. The zero-order valence-electron chi connectivity index (χ0n) is 16.2. The highest BCUT2D eigenvalue weighted by molar-refractivity contribution is 7.89. The fraction of sp³-hybridized carbons (Fsp3) is 0.409. The minimum Gasteiger partial charge on any atom is -0.334 e. The van der Waals surface area contributed by atoms with Gasteiger partial charge in [-0.2, -0.15) is 4.31 Å². The van der Waals surface area contributed by atoms with Crippen LogP contribution in [0.25, 0.3) is 0 Å². The number of carbonyl (C=O) groups excluding carboxylic acids is 1. The third-order valence-corrected chi connectivity index (χ3v) is 7.70. The van der Waals surface area contributed by atoms with Gasteiger partial charge in [0.2, 0.25) is 10.0 Å². The molecule has 0 saturated carbocycles. The first-order chi connectivity index (χ1) is 13.5. The number of hydrogen-bond donors (Lipinski definition) is 0. The van der Waals surface area contributed by atoms with E-state index in [0.29, 0.717) is 36.6 Å². The Bertz CT molecular complexity index is 995. The monoisotopic (exact) mass is 398 g/mol. The number of aryl methyl sites for hydroxylation is 1. The molecule has 0 unspecified atom stereocenters. The van der Waals surface area contributed by atoms with Crippen LogP contribution in [0.4, 0.5) is 0 Å². The Balaban J connectivity index is 1.59. The molecular weight excluding hydrogens is 372 g/mol. The molecule has 0 N–H and O–H groups in total. The topological polar surface area (TPSA) is 57.7 Å². The predicted molar refractivity (Wildman–Crippen MR) is 109 cm³/mol. The number of benzene rings is 2. The molecule has 0 spiro atoms. The van der Waals surface area contributed by atoms with Crippen molar-refractivity contribution in [3.8, 4) is 0 Å². The third kappa shape index (κ3) is 3.59.